The molecule has 1 fully saturated rings. The number of nitrogens with one attached hydrogen (secondary N) is 1. The molecule has 1 aromatic heterocycles. The second-order valence-corrected chi connectivity index (χ2v) is 11.7. The van der Waals surface area contributed by atoms with E-state index in [0.717, 1.165) is 36.8 Å². The molecule has 4 aromatic rings. The van der Waals surface area contributed by atoms with Crippen LogP contribution in [0.5, 0.6) is 0 Å². The molecule has 0 aliphatic heterocycles. The maximum Gasteiger partial charge on any atom is 0.490 e. The van der Waals surface area contributed by atoms with Crippen LogP contribution in [0.3, 0.4) is 0 Å². The van der Waals surface area contributed by atoms with Gasteiger partial charge in [0.2, 0.25) is 5.91 Å². The number of halogens is 5. The maximum absolute atomic E-state index is 16.1. The number of carboxylic acids is 1. The van der Waals surface area contributed by atoms with Crippen LogP contribution in [0.2, 0.25) is 5.02 Å². The van der Waals surface area contributed by atoms with Crippen molar-refractivity contribution < 1.29 is 37.4 Å². The third-order valence-electron chi connectivity index (χ3n) is 7.92. The minimum Gasteiger partial charge on any atom is -0.475 e. The lowest BCUT2D eigenvalue weighted by molar-refractivity contribution is -0.192. The van der Waals surface area contributed by atoms with E-state index >= 15 is 4.39 Å². The zero-order chi connectivity index (χ0) is 33.6. The lowest BCUT2D eigenvalue weighted by Crippen LogP contribution is -2.41. The Morgan fingerprint density at radius 3 is 2.30 bits per heavy atom. The van der Waals surface area contributed by atoms with Gasteiger partial charge in [0.25, 0.3) is 0 Å². The van der Waals surface area contributed by atoms with Crippen LogP contribution in [0.1, 0.15) is 60.0 Å². The number of carbonyl (C=O) groups excluding carboxylic acids is 1. The van der Waals surface area contributed by atoms with E-state index in [2.05, 4.69) is 22.5 Å². The number of rotatable bonds is 8. The van der Waals surface area contributed by atoms with Crippen molar-refractivity contribution in [2.45, 2.75) is 56.3 Å². The summed E-state index contributed by atoms with van der Waals surface area (Å²) in [4.78, 5) is 21.3. The van der Waals surface area contributed by atoms with Crippen LogP contribution in [0.4, 0.5) is 17.6 Å². The molecule has 5 rings (SSSR count). The standard InChI is InChI=1S/C31H32ClFN4O2.C2HF3O2/c1-31(39)14-12-22(13-15-31)35-19-25(20-6-3-2-4-7-20)21-8-10-26(32)24(18-21)28-23(30(34)38)9-11-27(29(28)33)37-17-5-16-36-37;3-2(4,5)1(6)7/h2-11,16-18,22,25,35,39H,12-15,19H2,1H3,(H2,34,38);(H,6,7). The number of aromatic nitrogens is 2. The zero-order valence-corrected chi connectivity index (χ0v) is 25.5. The number of aliphatic carboxylic acids is 1. The first-order valence-electron chi connectivity index (χ1n) is 14.4. The number of alkyl halides is 3. The van der Waals surface area contributed by atoms with Gasteiger partial charge in [0.1, 0.15) is 5.69 Å². The lowest BCUT2D eigenvalue weighted by atomic mass is 9.83. The first-order valence-corrected chi connectivity index (χ1v) is 14.8. The Morgan fingerprint density at radius 1 is 1.09 bits per heavy atom. The number of nitrogens with two attached hydrogens (primary N) is 1. The highest BCUT2D eigenvalue weighted by atomic mass is 35.5. The number of nitrogens with zero attached hydrogens (tertiary/aromatic N) is 2. The van der Waals surface area contributed by atoms with E-state index in [1.807, 2.05) is 37.3 Å². The first kappa shape index (κ1) is 34.6. The summed E-state index contributed by atoms with van der Waals surface area (Å²) in [6.07, 6.45) is 1.41. The van der Waals surface area contributed by atoms with Gasteiger partial charge in [-0.2, -0.15) is 18.3 Å². The van der Waals surface area contributed by atoms with E-state index < -0.39 is 29.5 Å². The van der Waals surface area contributed by atoms with Crippen molar-refractivity contribution in [3.05, 3.63) is 107 Å². The van der Waals surface area contributed by atoms with Crippen molar-refractivity contribution in [1.82, 2.24) is 15.1 Å². The fourth-order valence-electron chi connectivity index (χ4n) is 5.42. The molecule has 1 amide bonds. The molecule has 5 N–H and O–H groups in total. The summed E-state index contributed by atoms with van der Waals surface area (Å²) in [6.45, 7) is 2.54. The second-order valence-electron chi connectivity index (χ2n) is 11.3. The Bertz CT molecular complexity index is 1650. The van der Waals surface area contributed by atoms with Crippen LogP contribution in [-0.4, -0.2) is 56.2 Å². The molecule has 0 spiro atoms. The molecular formula is C33H33ClF4N4O4. The SMILES string of the molecule is CC1(O)CCC(NCC(c2ccccc2)c2ccc(Cl)c(-c3c(C(N)=O)ccc(-n4cccn4)c3F)c2)CC1.O=C(O)C(F)(F)F. The molecule has 1 aliphatic rings. The van der Waals surface area contributed by atoms with Crippen LogP contribution < -0.4 is 11.1 Å². The Hall–Kier alpha value is -4.26. The van der Waals surface area contributed by atoms with Gasteiger partial charge in [-0.05, 0) is 74.1 Å². The summed E-state index contributed by atoms with van der Waals surface area (Å²) in [7, 11) is 0. The van der Waals surface area contributed by atoms with Crippen molar-refractivity contribution in [2.75, 3.05) is 6.54 Å². The molecule has 8 nitrogen and oxygen atoms in total. The quantitative estimate of drug-likeness (QED) is 0.160. The Morgan fingerprint density at radius 2 is 1.74 bits per heavy atom. The third-order valence-corrected chi connectivity index (χ3v) is 8.25. The number of hydrogen-bond acceptors (Lipinski definition) is 5. The number of hydrogen-bond donors (Lipinski definition) is 4. The Kier molecular flexibility index (Phi) is 10.9. The first-order chi connectivity index (χ1) is 21.7. The summed E-state index contributed by atoms with van der Waals surface area (Å²) in [5, 5.41) is 25.6. The summed E-state index contributed by atoms with van der Waals surface area (Å²) < 4.78 is 49.2. The van der Waals surface area contributed by atoms with Crippen LogP contribution in [-0.2, 0) is 4.79 Å². The Balaban J connectivity index is 0.000000617. The van der Waals surface area contributed by atoms with Crippen LogP contribution in [0, 0.1) is 5.82 Å². The molecule has 1 unspecified atom stereocenters. The van der Waals surface area contributed by atoms with Gasteiger partial charge in [0, 0.05) is 47.0 Å². The number of amides is 1. The molecule has 0 radical (unpaired) electrons. The van der Waals surface area contributed by atoms with Gasteiger partial charge in [-0.3, -0.25) is 4.79 Å². The molecule has 13 heteroatoms. The highest BCUT2D eigenvalue weighted by molar-refractivity contribution is 6.33. The largest absolute Gasteiger partial charge is 0.490 e. The zero-order valence-electron chi connectivity index (χ0n) is 24.8. The summed E-state index contributed by atoms with van der Waals surface area (Å²) in [6, 6.07) is 20.6. The van der Waals surface area contributed by atoms with Gasteiger partial charge in [-0.1, -0.05) is 48.0 Å². The number of benzene rings is 3. The van der Waals surface area contributed by atoms with Gasteiger partial charge in [0.15, 0.2) is 5.82 Å². The third kappa shape index (κ3) is 8.51. The average molecular weight is 661 g/mol. The number of primary amides is 1. The van der Waals surface area contributed by atoms with E-state index in [-0.39, 0.29) is 22.7 Å². The van der Waals surface area contributed by atoms with Gasteiger partial charge in [-0.15, -0.1) is 0 Å². The fraction of sp³-hybridized carbons (Fsp3) is 0.303. The minimum absolute atomic E-state index is 0.0473. The lowest BCUT2D eigenvalue weighted by Gasteiger charge is -2.34. The molecule has 0 bridgehead atoms. The summed E-state index contributed by atoms with van der Waals surface area (Å²) >= 11 is 6.65. The molecule has 46 heavy (non-hydrogen) atoms. The fourth-order valence-corrected chi connectivity index (χ4v) is 5.63. The van der Waals surface area contributed by atoms with Crippen LogP contribution in [0.15, 0.2) is 79.1 Å². The predicted octanol–water partition coefficient (Wildman–Crippen LogP) is 6.48. The molecular weight excluding hydrogens is 628 g/mol. The van der Waals surface area contributed by atoms with Gasteiger partial charge < -0.3 is 21.3 Å². The van der Waals surface area contributed by atoms with E-state index in [1.54, 1.807) is 24.5 Å². The van der Waals surface area contributed by atoms with Gasteiger partial charge in [-0.25, -0.2) is 13.9 Å². The van der Waals surface area contributed by atoms with Gasteiger partial charge >= 0.3 is 12.1 Å². The minimum atomic E-state index is -5.08. The van der Waals surface area contributed by atoms with Crippen molar-refractivity contribution in [3.8, 4) is 16.8 Å². The van der Waals surface area contributed by atoms with Crippen molar-refractivity contribution in [3.63, 3.8) is 0 Å². The molecule has 1 saturated carbocycles. The highest BCUT2D eigenvalue weighted by Crippen LogP contribution is 2.38. The van der Waals surface area contributed by atoms with Crippen molar-refractivity contribution in [2.24, 2.45) is 5.73 Å². The summed E-state index contributed by atoms with van der Waals surface area (Å²) in [5.74, 6) is -4.18. The van der Waals surface area contributed by atoms with Crippen molar-refractivity contribution in [1.29, 1.82) is 0 Å². The second kappa shape index (κ2) is 14.4. The highest BCUT2D eigenvalue weighted by Gasteiger charge is 2.38. The molecule has 1 aliphatic carbocycles. The van der Waals surface area contributed by atoms with Crippen molar-refractivity contribution >= 4 is 23.5 Å². The Labute approximate surface area is 267 Å². The van der Waals surface area contributed by atoms with E-state index in [4.69, 9.17) is 27.2 Å². The maximum atomic E-state index is 16.1. The molecule has 3 aromatic carbocycles. The smallest absolute Gasteiger partial charge is 0.475 e. The van der Waals surface area contributed by atoms with Crippen LogP contribution >= 0.6 is 11.6 Å². The van der Waals surface area contributed by atoms with E-state index in [0.29, 0.717) is 23.2 Å². The topological polar surface area (TPSA) is 130 Å². The van der Waals surface area contributed by atoms with Crippen LogP contribution in [0.25, 0.3) is 16.8 Å². The number of aliphatic hydroxyl groups is 1. The molecule has 1 atom stereocenters. The van der Waals surface area contributed by atoms with E-state index in [1.165, 1.54) is 16.8 Å². The molecule has 244 valence electrons. The van der Waals surface area contributed by atoms with Gasteiger partial charge in [0.05, 0.1) is 11.2 Å². The number of carbonyl (C=O) groups is 2. The van der Waals surface area contributed by atoms with E-state index in [9.17, 15) is 23.1 Å². The monoisotopic (exact) mass is 660 g/mol. The molecule has 1 heterocycles. The summed E-state index contributed by atoms with van der Waals surface area (Å²) in [5.41, 5.74) is 7.79. The number of carboxylic acid groups (broad SMARTS) is 1. The average Bonchev–Trinajstić information content (AvgIpc) is 3.54. The normalized spacial score (nSPS) is 18.7. The molecule has 0 saturated heterocycles. The predicted molar refractivity (Wildman–Crippen MR) is 165 cm³/mol.